The van der Waals surface area contributed by atoms with Gasteiger partial charge in [0.2, 0.25) is 5.91 Å². The topological polar surface area (TPSA) is 57.3 Å². The summed E-state index contributed by atoms with van der Waals surface area (Å²) in [6.45, 7) is 0. The number of anilines is 2. The molecule has 19 heavy (non-hydrogen) atoms. The first-order valence-corrected chi connectivity index (χ1v) is 6.84. The number of nitrogens with one attached hydrogen (secondary N) is 2. The minimum absolute atomic E-state index is 0.106. The third-order valence-electron chi connectivity index (χ3n) is 4.10. The van der Waals surface area contributed by atoms with Crippen molar-refractivity contribution in [2.75, 3.05) is 24.3 Å². The van der Waals surface area contributed by atoms with E-state index in [-0.39, 0.29) is 11.8 Å². The van der Waals surface area contributed by atoms with E-state index < -0.39 is 0 Å². The zero-order chi connectivity index (χ0) is 13.4. The summed E-state index contributed by atoms with van der Waals surface area (Å²) >= 11 is 0. The molecule has 0 spiro atoms. The maximum atomic E-state index is 12.4. The minimum atomic E-state index is 0.106. The lowest BCUT2D eigenvalue weighted by Gasteiger charge is -2.21. The number of hydrogen-bond donors (Lipinski definition) is 2. The van der Waals surface area contributed by atoms with Gasteiger partial charge in [-0.15, -0.1) is 0 Å². The van der Waals surface area contributed by atoms with Crippen LogP contribution >= 0.6 is 0 Å². The summed E-state index contributed by atoms with van der Waals surface area (Å²) in [6, 6.07) is 4.66. The van der Waals surface area contributed by atoms with Crippen LogP contribution in [0, 0.1) is 5.92 Å². The van der Waals surface area contributed by atoms with Crippen LogP contribution in [0.1, 0.15) is 19.3 Å². The van der Waals surface area contributed by atoms with Gasteiger partial charge in [0.25, 0.3) is 0 Å². The summed E-state index contributed by atoms with van der Waals surface area (Å²) in [5.74, 6) is 1.02. The molecular weight excluding hydrogens is 240 g/mol. The van der Waals surface area contributed by atoms with Gasteiger partial charge in [-0.1, -0.05) is 0 Å². The molecule has 3 atom stereocenters. The number of rotatable bonds is 3. The van der Waals surface area contributed by atoms with E-state index in [4.69, 9.17) is 0 Å². The van der Waals surface area contributed by atoms with Gasteiger partial charge in [0.1, 0.15) is 0 Å². The Morgan fingerprint density at radius 2 is 2.32 bits per heavy atom. The first-order valence-electron chi connectivity index (χ1n) is 6.84. The Morgan fingerprint density at radius 1 is 1.47 bits per heavy atom. The molecule has 0 saturated carbocycles. The maximum absolute atomic E-state index is 12.4. The molecule has 1 aromatic heterocycles. The summed E-state index contributed by atoms with van der Waals surface area (Å²) in [5.41, 5.74) is 0.792. The smallest absolute Gasteiger partial charge is 0.229 e. The Hall–Kier alpha value is -1.62. The van der Waals surface area contributed by atoms with Crippen LogP contribution in [0.25, 0.3) is 0 Å². The fourth-order valence-electron chi connectivity index (χ4n) is 3.19. The van der Waals surface area contributed by atoms with Crippen molar-refractivity contribution in [2.45, 2.75) is 31.3 Å². The van der Waals surface area contributed by atoms with E-state index in [9.17, 15) is 4.79 Å². The Labute approximate surface area is 113 Å². The van der Waals surface area contributed by atoms with Crippen LogP contribution in [0.2, 0.25) is 0 Å². The average molecular weight is 260 g/mol. The molecule has 0 aliphatic carbocycles. The van der Waals surface area contributed by atoms with E-state index in [1.165, 1.54) is 6.42 Å². The van der Waals surface area contributed by atoms with Gasteiger partial charge in [0, 0.05) is 32.4 Å². The zero-order valence-corrected chi connectivity index (χ0v) is 11.4. The van der Waals surface area contributed by atoms with Crippen LogP contribution in [0.5, 0.6) is 0 Å². The van der Waals surface area contributed by atoms with Crippen molar-refractivity contribution in [3.05, 3.63) is 18.3 Å². The van der Waals surface area contributed by atoms with Crippen molar-refractivity contribution >= 4 is 17.4 Å². The second-order valence-corrected chi connectivity index (χ2v) is 5.65. The van der Waals surface area contributed by atoms with Gasteiger partial charge >= 0.3 is 0 Å². The van der Waals surface area contributed by atoms with E-state index in [0.29, 0.717) is 12.1 Å². The molecular formula is C14H20N4O. The highest BCUT2D eigenvalue weighted by atomic mass is 16.2. The number of carbonyl (C=O) groups excluding carboxylic acids is 1. The largest absolute Gasteiger partial charge is 0.361 e. The van der Waals surface area contributed by atoms with E-state index in [0.717, 1.165) is 24.3 Å². The molecule has 2 aliphatic rings. The van der Waals surface area contributed by atoms with Crippen LogP contribution in [-0.2, 0) is 4.79 Å². The fraction of sp³-hybridized carbons (Fsp3) is 0.571. The van der Waals surface area contributed by atoms with Crippen molar-refractivity contribution in [1.29, 1.82) is 0 Å². The summed E-state index contributed by atoms with van der Waals surface area (Å²) in [4.78, 5) is 18.6. The molecule has 3 unspecified atom stereocenters. The molecule has 102 valence electrons. The second-order valence-electron chi connectivity index (χ2n) is 5.65. The number of fused-ring (bicyclic) bond motifs is 2. The molecule has 5 nitrogen and oxygen atoms in total. The van der Waals surface area contributed by atoms with Gasteiger partial charge in [0.05, 0.1) is 11.6 Å². The molecule has 1 amide bonds. The summed E-state index contributed by atoms with van der Waals surface area (Å²) < 4.78 is 0. The predicted octanol–water partition coefficient (Wildman–Crippen LogP) is 1.23. The number of carbonyl (C=O) groups is 1. The molecule has 3 heterocycles. The molecule has 2 bridgehead atoms. The van der Waals surface area contributed by atoms with E-state index in [1.807, 2.05) is 31.1 Å². The van der Waals surface area contributed by atoms with Gasteiger partial charge in [0.15, 0.2) is 5.82 Å². The van der Waals surface area contributed by atoms with Gasteiger partial charge in [-0.3, -0.25) is 4.79 Å². The standard InChI is InChI=1S/C14H20N4O/c1-18(2)13-12(4-3-7-15-13)17-14(19)10-8-9-5-6-11(10)16-9/h3-4,7,9-11,16H,5-6,8H2,1-2H3,(H,17,19). The fourth-order valence-corrected chi connectivity index (χ4v) is 3.19. The third kappa shape index (κ3) is 2.30. The normalized spacial score (nSPS) is 28.4. The van der Waals surface area contributed by atoms with E-state index >= 15 is 0 Å². The Balaban J connectivity index is 1.73. The molecule has 2 N–H and O–H groups in total. The van der Waals surface area contributed by atoms with Crippen LogP contribution < -0.4 is 15.5 Å². The van der Waals surface area contributed by atoms with Crippen molar-refractivity contribution < 1.29 is 4.79 Å². The van der Waals surface area contributed by atoms with Crippen molar-refractivity contribution in [2.24, 2.45) is 5.92 Å². The van der Waals surface area contributed by atoms with Crippen LogP contribution in [0.3, 0.4) is 0 Å². The van der Waals surface area contributed by atoms with Crippen molar-refractivity contribution in [3.8, 4) is 0 Å². The minimum Gasteiger partial charge on any atom is -0.361 e. The quantitative estimate of drug-likeness (QED) is 0.858. The average Bonchev–Trinajstić information content (AvgIpc) is 3.01. The summed E-state index contributed by atoms with van der Waals surface area (Å²) in [6.07, 6.45) is 5.04. The van der Waals surface area contributed by atoms with Gasteiger partial charge in [-0.05, 0) is 31.4 Å². The van der Waals surface area contributed by atoms with Gasteiger partial charge in [-0.25, -0.2) is 4.98 Å². The summed E-state index contributed by atoms with van der Waals surface area (Å²) in [5, 5.41) is 6.53. The van der Waals surface area contributed by atoms with Crippen LogP contribution in [0.4, 0.5) is 11.5 Å². The predicted molar refractivity (Wildman–Crippen MR) is 75.2 cm³/mol. The Bertz CT molecular complexity index is 488. The number of hydrogen-bond acceptors (Lipinski definition) is 4. The van der Waals surface area contributed by atoms with Crippen LogP contribution in [0.15, 0.2) is 18.3 Å². The lowest BCUT2D eigenvalue weighted by molar-refractivity contribution is -0.120. The molecule has 0 radical (unpaired) electrons. The zero-order valence-electron chi connectivity index (χ0n) is 11.4. The molecule has 2 fully saturated rings. The van der Waals surface area contributed by atoms with E-state index in [2.05, 4.69) is 15.6 Å². The maximum Gasteiger partial charge on any atom is 0.229 e. The first-order chi connectivity index (χ1) is 9.15. The molecule has 2 aliphatic heterocycles. The molecule has 5 heteroatoms. The van der Waals surface area contributed by atoms with Gasteiger partial charge in [-0.2, -0.15) is 0 Å². The van der Waals surface area contributed by atoms with Crippen molar-refractivity contribution in [1.82, 2.24) is 10.3 Å². The number of nitrogens with zero attached hydrogens (tertiary/aromatic N) is 2. The van der Waals surface area contributed by atoms with Crippen molar-refractivity contribution in [3.63, 3.8) is 0 Å². The monoisotopic (exact) mass is 260 g/mol. The highest BCUT2D eigenvalue weighted by molar-refractivity contribution is 5.95. The Kier molecular flexibility index (Phi) is 3.14. The molecule has 0 aromatic carbocycles. The molecule has 2 saturated heterocycles. The number of amides is 1. The SMILES string of the molecule is CN(C)c1ncccc1NC(=O)C1CC2CCC1N2. The Morgan fingerprint density at radius 3 is 2.95 bits per heavy atom. The molecule has 1 aromatic rings. The highest BCUT2D eigenvalue weighted by Crippen LogP contribution is 2.34. The number of pyridine rings is 1. The molecule has 3 rings (SSSR count). The lowest BCUT2D eigenvalue weighted by Crippen LogP contribution is -2.33. The third-order valence-corrected chi connectivity index (χ3v) is 4.10. The summed E-state index contributed by atoms with van der Waals surface area (Å²) in [7, 11) is 3.86. The lowest BCUT2D eigenvalue weighted by atomic mass is 9.88. The first kappa shape index (κ1) is 12.4. The van der Waals surface area contributed by atoms with Crippen LogP contribution in [-0.4, -0.2) is 37.1 Å². The van der Waals surface area contributed by atoms with Gasteiger partial charge < -0.3 is 15.5 Å². The second kappa shape index (κ2) is 4.81. The number of aromatic nitrogens is 1. The van der Waals surface area contributed by atoms with E-state index in [1.54, 1.807) is 6.20 Å². The highest BCUT2D eigenvalue weighted by Gasteiger charge is 2.42.